The van der Waals surface area contributed by atoms with E-state index in [0.29, 0.717) is 17.9 Å². The van der Waals surface area contributed by atoms with Gasteiger partial charge in [0.05, 0.1) is 5.75 Å². The Kier molecular flexibility index (Phi) is 6.97. The molecule has 0 aromatic rings. The summed E-state index contributed by atoms with van der Waals surface area (Å²) in [7, 11) is -2.93. The van der Waals surface area contributed by atoms with E-state index in [1.54, 1.807) is 0 Å². The Hall–Kier alpha value is -0.780. The van der Waals surface area contributed by atoms with E-state index in [0.717, 1.165) is 19.0 Å². The lowest BCUT2D eigenvalue weighted by atomic mass is 9.64. The van der Waals surface area contributed by atoms with Crippen molar-refractivity contribution < 1.29 is 8.42 Å². The molecular weight excluding hydrogens is 286 g/mol. The van der Waals surface area contributed by atoms with Gasteiger partial charge in [0.15, 0.2) is 5.96 Å². The zero-order valence-corrected chi connectivity index (χ0v) is 14.7. The Morgan fingerprint density at radius 3 is 2.38 bits per heavy atom. The van der Waals surface area contributed by atoms with Crippen molar-refractivity contribution in [3.05, 3.63) is 0 Å². The third-order valence-electron chi connectivity index (χ3n) is 3.94. The second-order valence-corrected chi connectivity index (χ2v) is 8.96. The number of guanidine groups is 1. The Labute approximate surface area is 129 Å². The van der Waals surface area contributed by atoms with Crippen molar-refractivity contribution in [1.82, 2.24) is 10.6 Å². The fourth-order valence-corrected chi connectivity index (χ4v) is 3.39. The molecule has 0 heterocycles. The zero-order chi connectivity index (χ0) is 15.9. The van der Waals surface area contributed by atoms with Crippen molar-refractivity contribution in [3.8, 4) is 0 Å². The minimum Gasteiger partial charge on any atom is -0.357 e. The summed E-state index contributed by atoms with van der Waals surface area (Å²) in [6.45, 7) is 8.56. The third-order valence-corrected chi connectivity index (χ3v) is 4.88. The number of nitrogens with one attached hydrogen (secondary N) is 2. The predicted octanol–water partition coefficient (Wildman–Crippen LogP) is 1.80. The molecule has 0 aliphatic heterocycles. The molecule has 5 nitrogen and oxygen atoms in total. The quantitative estimate of drug-likeness (QED) is 0.529. The van der Waals surface area contributed by atoms with Crippen LogP contribution < -0.4 is 10.6 Å². The van der Waals surface area contributed by atoms with E-state index >= 15 is 0 Å². The lowest BCUT2D eigenvalue weighted by Crippen LogP contribution is -2.41. The van der Waals surface area contributed by atoms with Gasteiger partial charge in [-0.25, -0.2) is 8.42 Å². The standard InChI is InChI=1S/C15H31N3O2S/c1-5-16-14(17-9-10-21(4,19)20)18-12-15(7-6-8-15)11-13(2)3/h13H,5-12H2,1-4H3,(H2,16,17,18). The molecule has 0 aromatic heterocycles. The highest BCUT2D eigenvalue weighted by Crippen LogP contribution is 2.46. The van der Waals surface area contributed by atoms with Crippen LogP contribution >= 0.6 is 0 Å². The Balaban J connectivity index is 2.54. The van der Waals surface area contributed by atoms with Crippen LogP contribution in [0.3, 0.4) is 0 Å². The SMILES string of the molecule is CCNC(=NCC1(CC(C)C)CCC1)NCCS(C)(=O)=O. The van der Waals surface area contributed by atoms with Crippen LogP contribution in [0.1, 0.15) is 46.5 Å². The summed E-state index contributed by atoms with van der Waals surface area (Å²) in [5.74, 6) is 1.56. The molecule has 6 heteroatoms. The summed E-state index contributed by atoms with van der Waals surface area (Å²) in [4.78, 5) is 4.68. The molecule has 21 heavy (non-hydrogen) atoms. The van der Waals surface area contributed by atoms with Crippen molar-refractivity contribution in [1.29, 1.82) is 0 Å². The Morgan fingerprint density at radius 2 is 1.95 bits per heavy atom. The van der Waals surface area contributed by atoms with Crippen LogP contribution in [0.15, 0.2) is 4.99 Å². The van der Waals surface area contributed by atoms with Crippen LogP contribution in [0, 0.1) is 11.3 Å². The first kappa shape index (κ1) is 18.3. The van der Waals surface area contributed by atoms with Crippen molar-refractivity contribution in [3.63, 3.8) is 0 Å². The molecule has 0 bridgehead atoms. The molecule has 0 unspecified atom stereocenters. The topological polar surface area (TPSA) is 70.6 Å². The average Bonchev–Trinajstić information content (AvgIpc) is 2.30. The zero-order valence-electron chi connectivity index (χ0n) is 13.9. The predicted molar refractivity (Wildman–Crippen MR) is 89.4 cm³/mol. The minimum absolute atomic E-state index is 0.133. The van der Waals surface area contributed by atoms with Crippen LogP contribution in [0.4, 0.5) is 0 Å². The van der Waals surface area contributed by atoms with Crippen LogP contribution in [0.2, 0.25) is 0 Å². The van der Waals surface area contributed by atoms with Gasteiger partial charge in [-0.1, -0.05) is 20.3 Å². The van der Waals surface area contributed by atoms with Crippen molar-refractivity contribution in [2.24, 2.45) is 16.3 Å². The molecule has 1 saturated carbocycles. The van der Waals surface area contributed by atoms with E-state index in [-0.39, 0.29) is 5.75 Å². The number of nitrogens with zero attached hydrogens (tertiary/aromatic N) is 1. The maximum atomic E-state index is 11.2. The molecule has 0 radical (unpaired) electrons. The number of rotatable bonds is 8. The number of sulfone groups is 1. The summed E-state index contributed by atoms with van der Waals surface area (Å²) < 4.78 is 22.3. The van der Waals surface area contributed by atoms with Gasteiger partial charge in [0.25, 0.3) is 0 Å². The smallest absolute Gasteiger partial charge is 0.191 e. The van der Waals surface area contributed by atoms with Gasteiger partial charge < -0.3 is 10.6 Å². The van der Waals surface area contributed by atoms with E-state index in [1.807, 2.05) is 6.92 Å². The van der Waals surface area contributed by atoms with Crippen LogP contribution in [0.5, 0.6) is 0 Å². The molecule has 0 spiro atoms. The second-order valence-electron chi connectivity index (χ2n) is 6.70. The third kappa shape index (κ3) is 7.16. The fourth-order valence-electron chi connectivity index (χ4n) is 2.91. The Bertz CT molecular complexity index is 440. The van der Waals surface area contributed by atoms with Crippen LogP contribution in [-0.4, -0.2) is 46.0 Å². The first-order valence-corrected chi connectivity index (χ1v) is 10.0. The minimum atomic E-state index is -2.93. The molecule has 0 saturated heterocycles. The van der Waals surface area contributed by atoms with E-state index in [1.165, 1.54) is 31.9 Å². The van der Waals surface area contributed by atoms with Gasteiger partial charge in [-0.15, -0.1) is 0 Å². The molecule has 124 valence electrons. The highest BCUT2D eigenvalue weighted by Gasteiger charge is 2.37. The molecule has 1 aliphatic carbocycles. The molecular formula is C15H31N3O2S. The van der Waals surface area contributed by atoms with Gasteiger partial charge in [-0.2, -0.15) is 0 Å². The lowest BCUT2D eigenvalue weighted by Gasteiger charge is -2.42. The van der Waals surface area contributed by atoms with E-state index in [4.69, 9.17) is 0 Å². The number of hydrogen-bond acceptors (Lipinski definition) is 3. The van der Waals surface area contributed by atoms with Crippen molar-refractivity contribution in [2.75, 3.05) is 31.6 Å². The van der Waals surface area contributed by atoms with E-state index < -0.39 is 9.84 Å². The summed E-state index contributed by atoms with van der Waals surface area (Å²) >= 11 is 0. The first-order valence-electron chi connectivity index (χ1n) is 7.96. The highest BCUT2D eigenvalue weighted by atomic mass is 32.2. The monoisotopic (exact) mass is 317 g/mol. The fraction of sp³-hybridized carbons (Fsp3) is 0.933. The van der Waals surface area contributed by atoms with Gasteiger partial charge in [-0.3, -0.25) is 4.99 Å². The summed E-state index contributed by atoms with van der Waals surface area (Å²) in [5, 5.41) is 6.30. The van der Waals surface area contributed by atoms with Crippen molar-refractivity contribution in [2.45, 2.75) is 46.5 Å². The summed E-state index contributed by atoms with van der Waals surface area (Å²) in [6, 6.07) is 0. The summed E-state index contributed by atoms with van der Waals surface area (Å²) in [6.07, 6.45) is 6.30. The van der Waals surface area contributed by atoms with Gasteiger partial charge >= 0.3 is 0 Å². The van der Waals surface area contributed by atoms with E-state index in [2.05, 4.69) is 29.5 Å². The van der Waals surface area contributed by atoms with Gasteiger partial charge in [0.1, 0.15) is 9.84 Å². The molecule has 2 N–H and O–H groups in total. The molecule has 0 atom stereocenters. The second kappa shape index (κ2) is 8.01. The van der Waals surface area contributed by atoms with E-state index in [9.17, 15) is 8.42 Å². The molecule has 1 aliphatic rings. The normalized spacial score (nSPS) is 18.4. The highest BCUT2D eigenvalue weighted by molar-refractivity contribution is 7.90. The molecule has 0 aromatic carbocycles. The van der Waals surface area contributed by atoms with Crippen molar-refractivity contribution >= 4 is 15.8 Å². The average molecular weight is 317 g/mol. The maximum absolute atomic E-state index is 11.2. The first-order chi connectivity index (χ1) is 9.76. The molecule has 1 rings (SSSR count). The number of aliphatic imine (C=N–C) groups is 1. The maximum Gasteiger partial charge on any atom is 0.191 e. The van der Waals surface area contributed by atoms with Gasteiger partial charge in [0, 0.05) is 25.9 Å². The van der Waals surface area contributed by atoms with Crippen LogP contribution in [0.25, 0.3) is 0 Å². The van der Waals surface area contributed by atoms with Crippen LogP contribution in [-0.2, 0) is 9.84 Å². The number of hydrogen-bond donors (Lipinski definition) is 2. The molecule has 0 amide bonds. The Morgan fingerprint density at radius 1 is 1.29 bits per heavy atom. The lowest BCUT2D eigenvalue weighted by molar-refractivity contribution is 0.111. The summed E-state index contributed by atoms with van der Waals surface area (Å²) in [5.41, 5.74) is 0.368. The molecule has 1 fully saturated rings. The van der Waals surface area contributed by atoms with Gasteiger partial charge in [-0.05, 0) is 37.5 Å². The largest absolute Gasteiger partial charge is 0.357 e. The van der Waals surface area contributed by atoms with Gasteiger partial charge in [0.2, 0.25) is 0 Å².